The van der Waals surface area contributed by atoms with Crippen LogP contribution in [0.4, 0.5) is 13.2 Å². The molecule has 3 rings (SSSR count). The molecule has 11 heteroatoms. The quantitative estimate of drug-likeness (QED) is 0.364. The molecule has 0 aliphatic rings. The van der Waals surface area contributed by atoms with E-state index in [9.17, 15) is 23.1 Å². The number of amides is 1. The third kappa shape index (κ3) is 7.18. The van der Waals surface area contributed by atoms with E-state index in [4.69, 9.17) is 5.73 Å². The molecule has 3 N–H and O–H groups in total. The Morgan fingerprint density at radius 3 is 2.57 bits per heavy atom. The smallest absolute Gasteiger partial charge is 0.248 e. The number of aromatic nitrogens is 3. The molecule has 2 aromatic carbocycles. The van der Waals surface area contributed by atoms with Gasteiger partial charge in [0.2, 0.25) is 5.91 Å². The fraction of sp³-hybridized carbons (Fsp3) is 0.423. The van der Waals surface area contributed by atoms with E-state index in [1.54, 1.807) is 4.68 Å². The highest BCUT2D eigenvalue weighted by molar-refractivity contribution is 9.10. The summed E-state index contributed by atoms with van der Waals surface area (Å²) >= 11 is 3.45. The summed E-state index contributed by atoms with van der Waals surface area (Å²) in [6.07, 6.45) is 0.153. The molecule has 0 saturated heterocycles. The van der Waals surface area contributed by atoms with Gasteiger partial charge in [0, 0.05) is 17.1 Å². The van der Waals surface area contributed by atoms with E-state index < -0.39 is 48.3 Å². The number of benzene rings is 2. The number of halogens is 4. The molecule has 3 aromatic rings. The van der Waals surface area contributed by atoms with Crippen molar-refractivity contribution in [3.8, 4) is 11.4 Å². The fourth-order valence-electron chi connectivity index (χ4n) is 4.13. The van der Waals surface area contributed by atoms with Crippen LogP contribution in [0.3, 0.4) is 0 Å². The van der Waals surface area contributed by atoms with Gasteiger partial charge in [0.25, 0.3) is 0 Å². The molecular formula is C26H31BrF3N5O2. The van der Waals surface area contributed by atoms with E-state index >= 15 is 0 Å². The number of hydrogen-bond acceptors (Lipinski definition) is 5. The van der Waals surface area contributed by atoms with Crippen molar-refractivity contribution in [1.82, 2.24) is 19.7 Å². The Bertz CT molecular complexity index is 1230. The highest BCUT2D eigenvalue weighted by Gasteiger charge is 2.39. The first-order chi connectivity index (χ1) is 17.4. The average molecular weight is 582 g/mol. The van der Waals surface area contributed by atoms with E-state index in [1.807, 2.05) is 45.0 Å². The van der Waals surface area contributed by atoms with Gasteiger partial charge in [-0.1, -0.05) is 48.8 Å². The van der Waals surface area contributed by atoms with Crippen LogP contribution in [0.15, 0.2) is 46.9 Å². The van der Waals surface area contributed by atoms with Gasteiger partial charge in [-0.05, 0) is 47.7 Å². The number of alkyl halides is 1. The Kier molecular flexibility index (Phi) is 9.49. The summed E-state index contributed by atoms with van der Waals surface area (Å²) in [7, 11) is 0. The Balaban J connectivity index is 2.20. The standard InChI is InChI=1S/C26H31BrF3N5O2/c1-26(2,3)23(34(22(37)15-36)10-9-19(31)13-28)25-32-24(20-12-18(29)7-8-21(20)30)33-35(25)14-16-5-4-6-17(27)11-16/h4-8,11-12,19,23,36H,9-10,13-15,31H2,1-3H3/t19?,23-/m0/s1. The highest BCUT2D eigenvalue weighted by Crippen LogP contribution is 2.39. The summed E-state index contributed by atoms with van der Waals surface area (Å²) < 4.78 is 44.2. The minimum absolute atomic E-state index is 0.0481. The summed E-state index contributed by atoms with van der Waals surface area (Å²) in [6.45, 7) is 4.38. The fourth-order valence-corrected chi connectivity index (χ4v) is 4.58. The SMILES string of the molecule is CC(C)(C)[C@H](c1nc(-c2cc(F)ccc2F)nn1Cc1cccc(Br)c1)N(CCC(N)CF)C(=O)CO. The number of rotatable bonds is 10. The molecule has 7 nitrogen and oxygen atoms in total. The van der Waals surface area contributed by atoms with Crippen molar-refractivity contribution in [2.75, 3.05) is 19.8 Å². The third-order valence-corrected chi connectivity index (χ3v) is 6.36. The topological polar surface area (TPSA) is 97.3 Å². The molecule has 0 saturated carbocycles. The summed E-state index contributed by atoms with van der Waals surface area (Å²) in [4.78, 5) is 18.9. The van der Waals surface area contributed by atoms with Gasteiger partial charge in [-0.25, -0.2) is 22.8 Å². The van der Waals surface area contributed by atoms with E-state index in [1.165, 1.54) is 4.90 Å². The molecule has 200 valence electrons. The first-order valence-corrected chi connectivity index (χ1v) is 12.6. The van der Waals surface area contributed by atoms with Gasteiger partial charge >= 0.3 is 0 Å². The zero-order valence-electron chi connectivity index (χ0n) is 21.0. The van der Waals surface area contributed by atoms with E-state index in [0.717, 1.165) is 28.2 Å². The molecule has 37 heavy (non-hydrogen) atoms. The largest absolute Gasteiger partial charge is 0.387 e. The molecule has 1 amide bonds. The predicted octanol–water partition coefficient (Wildman–Crippen LogP) is 4.63. The molecule has 0 aliphatic carbocycles. The van der Waals surface area contributed by atoms with Gasteiger partial charge < -0.3 is 15.7 Å². The zero-order valence-corrected chi connectivity index (χ0v) is 22.6. The monoisotopic (exact) mass is 581 g/mol. The summed E-state index contributed by atoms with van der Waals surface area (Å²) in [6, 6.07) is 8.96. The van der Waals surface area contributed by atoms with Crippen molar-refractivity contribution in [1.29, 1.82) is 0 Å². The molecule has 0 bridgehead atoms. The van der Waals surface area contributed by atoms with Gasteiger partial charge in [-0.2, -0.15) is 5.10 Å². The second-order valence-electron chi connectivity index (χ2n) is 9.92. The summed E-state index contributed by atoms with van der Waals surface area (Å²) in [5, 5.41) is 14.3. The lowest BCUT2D eigenvalue weighted by atomic mass is 9.84. The first-order valence-electron chi connectivity index (χ1n) is 11.8. The number of carbonyl (C=O) groups is 1. The number of nitrogens with two attached hydrogens (primary N) is 1. The third-order valence-electron chi connectivity index (χ3n) is 5.86. The Morgan fingerprint density at radius 1 is 1.22 bits per heavy atom. The van der Waals surface area contributed by atoms with Gasteiger partial charge in [-0.15, -0.1) is 0 Å². The molecule has 1 aromatic heterocycles. The van der Waals surface area contributed by atoms with Gasteiger partial charge in [0.05, 0.1) is 18.2 Å². The molecule has 0 aliphatic heterocycles. The van der Waals surface area contributed by atoms with Crippen LogP contribution < -0.4 is 5.73 Å². The Morgan fingerprint density at radius 2 is 1.95 bits per heavy atom. The maximum Gasteiger partial charge on any atom is 0.248 e. The molecule has 1 heterocycles. The highest BCUT2D eigenvalue weighted by atomic mass is 79.9. The van der Waals surface area contributed by atoms with E-state index in [2.05, 4.69) is 26.0 Å². The van der Waals surface area contributed by atoms with Gasteiger partial charge in [0.1, 0.15) is 24.9 Å². The number of nitrogens with zero attached hydrogens (tertiary/aromatic N) is 4. The number of hydrogen-bond donors (Lipinski definition) is 2. The minimum atomic E-state index is -0.786. The van der Waals surface area contributed by atoms with Crippen molar-refractivity contribution in [3.63, 3.8) is 0 Å². The maximum atomic E-state index is 14.7. The first kappa shape index (κ1) is 28.8. The second kappa shape index (κ2) is 12.2. The van der Waals surface area contributed by atoms with Crippen molar-refractivity contribution in [3.05, 3.63) is 70.0 Å². The maximum absolute atomic E-state index is 14.7. The molecule has 2 atom stereocenters. The lowest BCUT2D eigenvalue weighted by Gasteiger charge is -2.39. The van der Waals surface area contributed by atoms with Crippen LogP contribution in [0.5, 0.6) is 0 Å². The van der Waals surface area contributed by atoms with Crippen LogP contribution in [0.25, 0.3) is 11.4 Å². The molecule has 1 unspecified atom stereocenters. The van der Waals surface area contributed by atoms with Crippen molar-refractivity contribution in [2.45, 2.75) is 45.8 Å². The number of aliphatic hydroxyl groups is 1. The van der Waals surface area contributed by atoms with Crippen molar-refractivity contribution in [2.24, 2.45) is 11.1 Å². The van der Waals surface area contributed by atoms with Crippen LogP contribution in [0.2, 0.25) is 0 Å². The number of carbonyl (C=O) groups excluding carboxylic acids is 1. The normalized spacial score (nSPS) is 13.4. The van der Waals surface area contributed by atoms with Crippen LogP contribution >= 0.6 is 15.9 Å². The van der Waals surface area contributed by atoms with Crippen LogP contribution in [-0.4, -0.2) is 56.5 Å². The van der Waals surface area contributed by atoms with Crippen LogP contribution in [0.1, 0.15) is 44.6 Å². The van der Waals surface area contributed by atoms with E-state index in [-0.39, 0.29) is 30.9 Å². The predicted molar refractivity (Wildman–Crippen MR) is 138 cm³/mol. The number of aliphatic hydroxyl groups excluding tert-OH is 1. The minimum Gasteiger partial charge on any atom is -0.387 e. The Labute approximate surface area is 222 Å². The lowest BCUT2D eigenvalue weighted by Crippen LogP contribution is -2.45. The van der Waals surface area contributed by atoms with Crippen LogP contribution in [-0.2, 0) is 11.3 Å². The van der Waals surface area contributed by atoms with Gasteiger partial charge in [0.15, 0.2) is 11.6 Å². The second-order valence-corrected chi connectivity index (χ2v) is 10.8. The van der Waals surface area contributed by atoms with Crippen molar-refractivity contribution >= 4 is 21.8 Å². The van der Waals surface area contributed by atoms with Crippen molar-refractivity contribution < 1.29 is 23.1 Å². The van der Waals surface area contributed by atoms with Crippen LogP contribution in [0, 0.1) is 17.0 Å². The zero-order chi connectivity index (χ0) is 27.3. The summed E-state index contributed by atoms with van der Waals surface area (Å²) in [5.74, 6) is -1.68. The Hall–Kier alpha value is -2.76. The van der Waals surface area contributed by atoms with Gasteiger partial charge in [-0.3, -0.25) is 4.79 Å². The molecule has 0 fully saturated rings. The lowest BCUT2D eigenvalue weighted by molar-refractivity contribution is -0.139. The summed E-state index contributed by atoms with van der Waals surface area (Å²) in [5.41, 5.74) is 5.85. The molecule has 0 radical (unpaired) electrons. The molecule has 0 spiro atoms. The van der Waals surface area contributed by atoms with E-state index in [0.29, 0.717) is 5.82 Å². The average Bonchev–Trinajstić information content (AvgIpc) is 3.24. The molecular weight excluding hydrogens is 551 g/mol.